The Morgan fingerprint density at radius 3 is 0.658 bits per heavy atom. The van der Waals surface area contributed by atoms with Gasteiger partial charge in [-0.15, -0.1) is 0 Å². The predicted molar refractivity (Wildman–Crippen MR) is 166 cm³/mol. The Labute approximate surface area is 219 Å². The number of hydrogen-bond acceptors (Lipinski definition) is 0. The standard InChI is InChI=1S/C24H12.C14H10/c1-2-14-5-6-16-9-11-18-12-10-17-8-7-15-4-3-13(1)19-20(14)22(16)24(18)23(17)21(15)19;1-3-7-13-11(5-1)9-10-12-6-2-4-8-14(12)13/h1-12H;1-10H. The maximum Gasteiger partial charge on any atom is -0.00139 e. The monoisotopic (exact) mass is 478 g/mol. The van der Waals surface area contributed by atoms with Gasteiger partial charge < -0.3 is 0 Å². The third-order valence-corrected chi connectivity index (χ3v) is 8.54. The normalized spacial score (nSPS) is 12.2. The summed E-state index contributed by atoms with van der Waals surface area (Å²) in [5.41, 5.74) is 0. The molecule has 0 bridgehead atoms. The highest BCUT2D eigenvalue weighted by atomic mass is 14.2. The van der Waals surface area contributed by atoms with E-state index in [4.69, 9.17) is 0 Å². The van der Waals surface area contributed by atoms with Gasteiger partial charge in [-0.2, -0.15) is 0 Å². The van der Waals surface area contributed by atoms with Crippen molar-refractivity contribution in [2.24, 2.45) is 0 Å². The first-order valence-corrected chi connectivity index (χ1v) is 13.3. The molecule has 0 N–H and O–H groups in total. The van der Waals surface area contributed by atoms with Crippen LogP contribution in [0.25, 0.3) is 86.2 Å². The topological polar surface area (TPSA) is 0 Å². The summed E-state index contributed by atoms with van der Waals surface area (Å²) in [5, 5.41) is 22.0. The molecule has 0 fully saturated rings. The maximum absolute atomic E-state index is 2.27. The van der Waals surface area contributed by atoms with Gasteiger partial charge in [0.1, 0.15) is 0 Å². The Balaban J connectivity index is 0.000000129. The molecule has 0 nitrogen and oxygen atoms in total. The van der Waals surface area contributed by atoms with Gasteiger partial charge in [0.05, 0.1) is 0 Å². The van der Waals surface area contributed by atoms with Crippen molar-refractivity contribution in [2.75, 3.05) is 0 Å². The molecule has 0 atom stereocenters. The fraction of sp³-hybridized carbons (Fsp3) is 0. The molecule has 0 amide bonds. The van der Waals surface area contributed by atoms with E-state index in [9.17, 15) is 0 Å². The van der Waals surface area contributed by atoms with Crippen molar-refractivity contribution in [1.29, 1.82) is 0 Å². The third-order valence-electron chi connectivity index (χ3n) is 8.54. The van der Waals surface area contributed by atoms with E-state index in [1.807, 2.05) is 0 Å². The second-order valence-corrected chi connectivity index (χ2v) is 10.5. The molecular weight excluding hydrogens is 456 g/mol. The molecule has 10 rings (SSSR count). The van der Waals surface area contributed by atoms with Crippen LogP contribution in [0.4, 0.5) is 0 Å². The lowest BCUT2D eigenvalue weighted by Gasteiger charge is -2.20. The molecule has 0 saturated carbocycles. The highest BCUT2D eigenvalue weighted by Gasteiger charge is 2.19. The lowest BCUT2D eigenvalue weighted by Crippen LogP contribution is -1.91. The molecular formula is C38H22. The summed E-state index contributed by atoms with van der Waals surface area (Å²) < 4.78 is 0. The van der Waals surface area contributed by atoms with Crippen LogP contribution in [0.3, 0.4) is 0 Å². The third kappa shape index (κ3) is 2.59. The summed E-state index contributed by atoms with van der Waals surface area (Å²) in [5.74, 6) is 0. The van der Waals surface area contributed by atoms with Crippen LogP contribution in [0.15, 0.2) is 133 Å². The lowest BCUT2D eigenvalue weighted by atomic mass is 9.83. The number of fused-ring (bicyclic) bond motifs is 3. The van der Waals surface area contributed by atoms with Gasteiger partial charge in [-0.05, 0) is 86.2 Å². The molecule has 174 valence electrons. The molecule has 0 heteroatoms. The van der Waals surface area contributed by atoms with Crippen molar-refractivity contribution in [2.45, 2.75) is 0 Å². The minimum absolute atomic E-state index is 1.31. The first-order chi connectivity index (χ1) is 18.8. The zero-order valence-electron chi connectivity index (χ0n) is 20.7. The van der Waals surface area contributed by atoms with E-state index in [2.05, 4.69) is 133 Å². The van der Waals surface area contributed by atoms with Gasteiger partial charge in [0, 0.05) is 0 Å². The Bertz CT molecular complexity index is 2000. The Kier molecular flexibility index (Phi) is 3.88. The Morgan fingerprint density at radius 1 is 0.184 bits per heavy atom. The molecule has 0 aliphatic carbocycles. The maximum atomic E-state index is 2.27. The second kappa shape index (κ2) is 7.31. The number of benzene rings is 10. The smallest absolute Gasteiger partial charge is 0.00139 e. The van der Waals surface area contributed by atoms with Crippen LogP contribution in [0.2, 0.25) is 0 Å². The van der Waals surface area contributed by atoms with Crippen LogP contribution in [0, 0.1) is 0 Å². The first-order valence-electron chi connectivity index (χ1n) is 13.3. The van der Waals surface area contributed by atoms with Gasteiger partial charge in [0.15, 0.2) is 0 Å². The SMILES string of the molecule is c1cc2ccc3ccc4ccc5ccc6ccc1c1c2c3c4c5c61.c1ccc2c(c1)ccc1ccccc12. The van der Waals surface area contributed by atoms with E-state index >= 15 is 0 Å². The van der Waals surface area contributed by atoms with Crippen LogP contribution in [-0.2, 0) is 0 Å². The van der Waals surface area contributed by atoms with E-state index < -0.39 is 0 Å². The molecule has 0 radical (unpaired) electrons. The van der Waals surface area contributed by atoms with E-state index in [0.29, 0.717) is 0 Å². The summed E-state index contributed by atoms with van der Waals surface area (Å²) in [6.07, 6.45) is 0. The largest absolute Gasteiger partial charge is 0.0616 e. The minimum atomic E-state index is 1.31. The molecule has 0 aliphatic rings. The molecule has 10 aromatic rings. The predicted octanol–water partition coefficient (Wildman–Crippen LogP) is 10.9. The molecule has 0 spiro atoms. The molecule has 10 aromatic carbocycles. The summed E-state index contributed by atoms with van der Waals surface area (Å²) in [4.78, 5) is 0. The highest BCUT2D eigenvalue weighted by Crippen LogP contribution is 2.47. The molecule has 0 aliphatic heterocycles. The lowest BCUT2D eigenvalue weighted by molar-refractivity contribution is 1.76. The van der Waals surface area contributed by atoms with Crippen LogP contribution >= 0.6 is 0 Å². The summed E-state index contributed by atoms with van der Waals surface area (Å²) in [6.45, 7) is 0. The van der Waals surface area contributed by atoms with Gasteiger partial charge in [0.25, 0.3) is 0 Å². The van der Waals surface area contributed by atoms with Gasteiger partial charge in [-0.25, -0.2) is 0 Å². The highest BCUT2D eigenvalue weighted by molar-refractivity contribution is 6.44. The van der Waals surface area contributed by atoms with E-state index in [-0.39, 0.29) is 0 Å². The average molecular weight is 479 g/mol. The van der Waals surface area contributed by atoms with Crippen LogP contribution in [0.1, 0.15) is 0 Å². The van der Waals surface area contributed by atoms with E-state index in [0.717, 1.165) is 0 Å². The fourth-order valence-electron chi connectivity index (χ4n) is 6.85. The van der Waals surface area contributed by atoms with Crippen LogP contribution in [-0.4, -0.2) is 0 Å². The quantitative estimate of drug-likeness (QED) is 0.150. The molecule has 0 heterocycles. The summed E-state index contributed by atoms with van der Waals surface area (Å²) in [7, 11) is 0. The van der Waals surface area contributed by atoms with Crippen LogP contribution < -0.4 is 0 Å². The minimum Gasteiger partial charge on any atom is -0.0616 e. The van der Waals surface area contributed by atoms with Crippen molar-refractivity contribution < 1.29 is 0 Å². The Morgan fingerprint density at radius 2 is 0.395 bits per heavy atom. The van der Waals surface area contributed by atoms with Crippen molar-refractivity contribution in [3.05, 3.63) is 133 Å². The first kappa shape index (κ1) is 20.2. The van der Waals surface area contributed by atoms with Gasteiger partial charge in [0.2, 0.25) is 0 Å². The van der Waals surface area contributed by atoms with Gasteiger partial charge >= 0.3 is 0 Å². The zero-order valence-corrected chi connectivity index (χ0v) is 20.7. The average Bonchev–Trinajstić information content (AvgIpc) is 3.00. The summed E-state index contributed by atoms with van der Waals surface area (Å²) >= 11 is 0. The van der Waals surface area contributed by atoms with Crippen molar-refractivity contribution >= 4 is 86.2 Å². The zero-order chi connectivity index (χ0) is 24.8. The summed E-state index contributed by atoms with van der Waals surface area (Å²) in [6, 6.07) is 48.7. The fourth-order valence-corrected chi connectivity index (χ4v) is 6.85. The molecule has 38 heavy (non-hydrogen) atoms. The second-order valence-electron chi connectivity index (χ2n) is 10.5. The van der Waals surface area contributed by atoms with E-state index in [1.54, 1.807) is 0 Å². The number of rotatable bonds is 0. The van der Waals surface area contributed by atoms with E-state index in [1.165, 1.54) is 86.2 Å². The van der Waals surface area contributed by atoms with Gasteiger partial charge in [-0.1, -0.05) is 133 Å². The van der Waals surface area contributed by atoms with Crippen LogP contribution in [0.5, 0.6) is 0 Å². The van der Waals surface area contributed by atoms with Crippen molar-refractivity contribution in [3.63, 3.8) is 0 Å². The Hall–Kier alpha value is -4.94. The van der Waals surface area contributed by atoms with Gasteiger partial charge in [-0.3, -0.25) is 0 Å². The molecule has 0 unspecified atom stereocenters. The molecule has 0 saturated heterocycles. The number of hydrogen-bond donors (Lipinski definition) is 0. The van der Waals surface area contributed by atoms with Crippen molar-refractivity contribution in [1.82, 2.24) is 0 Å². The van der Waals surface area contributed by atoms with Crippen molar-refractivity contribution in [3.8, 4) is 0 Å². The molecule has 0 aromatic heterocycles.